The first-order valence-electron chi connectivity index (χ1n) is 10.1. The summed E-state index contributed by atoms with van der Waals surface area (Å²) in [6.07, 6.45) is -1.21. The van der Waals surface area contributed by atoms with E-state index in [2.05, 4.69) is 10.1 Å². The number of halogens is 3. The molecule has 158 valence electrons. The molecule has 0 bridgehead atoms. The molecular weight excluding hydrogens is 413 g/mol. The van der Waals surface area contributed by atoms with Crippen LogP contribution in [0.25, 0.3) is 21.6 Å². The predicted octanol–water partition coefficient (Wildman–Crippen LogP) is 4.83. The minimum Gasteiger partial charge on any atom is -0.342 e. The summed E-state index contributed by atoms with van der Waals surface area (Å²) in [4.78, 5) is 19.5. The number of amides is 1. The van der Waals surface area contributed by atoms with Crippen LogP contribution in [0.15, 0.2) is 23.6 Å². The molecule has 0 radical (unpaired) electrons. The maximum atomic E-state index is 14.1. The minimum atomic E-state index is -4.52. The second-order valence-electron chi connectivity index (χ2n) is 8.14. The van der Waals surface area contributed by atoms with Gasteiger partial charge in [-0.15, -0.1) is 11.3 Å². The van der Waals surface area contributed by atoms with Crippen molar-refractivity contribution < 1.29 is 18.0 Å². The van der Waals surface area contributed by atoms with E-state index in [-0.39, 0.29) is 28.8 Å². The van der Waals surface area contributed by atoms with Crippen molar-refractivity contribution in [1.29, 1.82) is 0 Å². The highest BCUT2D eigenvalue weighted by atomic mass is 32.1. The Balaban J connectivity index is 1.61. The van der Waals surface area contributed by atoms with E-state index in [4.69, 9.17) is 0 Å². The Morgan fingerprint density at radius 1 is 1.27 bits per heavy atom. The highest BCUT2D eigenvalue weighted by molar-refractivity contribution is 7.13. The van der Waals surface area contributed by atoms with Crippen LogP contribution < -0.4 is 0 Å². The van der Waals surface area contributed by atoms with E-state index >= 15 is 0 Å². The number of pyridine rings is 1. The van der Waals surface area contributed by atoms with Gasteiger partial charge in [0, 0.05) is 32.0 Å². The molecule has 1 amide bonds. The largest absolute Gasteiger partial charge is 0.417 e. The Labute approximate surface area is 175 Å². The Bertz CT molecular complexity index is 1100. The molecule has 1 saturated heterocycles. The first-order valence-corrected chi connectivity index (χ1v) is 11.0. The molecule has 3 aromatic rings. The molecule has 2 fully saturated rings. The van der Waals surface area contributed by atoms with Crippen molar-refractivity contribution in [2.24, 2.45) is 13.0 Å². The topological polar surface area (TPSA) is 51.0 Å². The van der Waals surface area contributed by atoms with E-state index in [1.54, 1.807) is 19.2 Å². The number of aromatic nitrogens is 3. The number of alkyl halides is 3. The SMILES string of the molecule is Cn1nc(C2CCCN(C(=O)C3CC3)C2)c2c(C(F)(F)F)cc(-c3cccs3)nc21. The summed E-state index contributed by atoms with van der Waals surface area (Å²) in [6.45, 7) is 1.09. The number of carbonyl (C=O) groups is 1. The van der Waals surface area contributed by atoms with Gasteiger partial charge in [0.2, 0.25) is 5.91 Å². The molecule has 1 aliphatic carbocycles. The second kappa shape index (κ2) is 7.08. The zero-order valence-corrected chi connectivity index (χ0v) is 17.3. The number of fused-ring (bicyclic) bond motifs is 1. The van der Waals surface area contributed by atoms with Gasteiger partial charge in [0.15, 0.2) is 5.65 Å². The number of piperidine rings is 1. The quantitative estimate of drug-likeness (QED) is 0.593. The van der Waals surface area contributed by atoms with Gasteiger partial charge in [-0.1, -0.05) is 6.07 Å². The van der Waals surface area contributed by atoms with Gasteiger partial charge in [0.1, 0.15) is 0 Å². The number of likely N-dealkylation sites (tertiary alicyclic amines) is 1. The third kappa shape index (κ3) is 3.38. The molecule has 2 aliphatic rings. The fourth-order valence-electron chi connectivity index (χ4n) is 4.33. The zero-order valence-electron chi connectivity index (χ0n) is 16.4. The van der Waals surface area contributed by atoms with Crippen molar-refractivity contribution in [1.82, 2.24) is 19.7 Å². The Kier molecular flexibility index (Phi) is 4.61. The number of rotatable bonds is 3. The fraction of sp³-hybridized carbons (Fsp3) is 0.476. The molecule has 1 unspecified atom stereocenters. The number of hydrogen-bond acceptors (Lipinski definition) is 4. The van der Waals surface area contributed by atoms with Crippen molar-refractivity contribution in [3.8, 4) is 10.6 Å². The molecule has 0 aromatic carbocycles. The number of aryl methyl sites for hydroxylation is 1. The summed E-state index contributed by atoms with van der Waals surface area (Å²) in [5.41, 5.74) is 0.227. The van der Waals surface area contributed by atoms with Crippen LogP contribution in [0.5, 0.6) is 0 Å². The maximum absolute atomic E-state index is 14.1. The second-order valence-corrected chi connectivity index (χ2v) is 9.08. The van der Waals surface area contributed by atoms with Gasteiger partial charge in [-0.25, -0.2) is 4.98 Å². The Hall–Kier alpha value is -2.42. The predicted molar refractivity (Wildman–Crippen MR) is 108 cm³/mol. The van der Waals surface area contributed by atoms with E-state index in [1.165, 1.54) is 16.0 Å². The van der Waals surface area contributed by atoms with Gasteiger partial charge >= 0.3 is 6.18 Å². The normalized spacial score (nSPS) is 20.1. The van der Waals surface area contributed by atoms with Gasteiger partial charge < -0.3 is 4.90 Å². The van der Waals surface area contributed by atoms with Crippen LogP contribution in [0.1, 0.15) is 42.9 Å². The van der Waals surface area contributed by atoms with Crippen LogP contribution in [0, 0.1) is 5.92 Å². The zero-order chi connectivity index (χ0) is 21.0. The molecule has 30 heavy (non-hydrogen) atoms. The van der Waals surface area contributed by atoms with E-state index in [1.807, 2.05) is 10.3 Å². The van der Waals surface area contributed by atoms with E-state index in [0.29, 0.717) is 35.8 Å². The molecule has 3 aromatic heterocycles. The van der Waals surface area contributed by atoms with E-state index in [0.717, 1.165) is 25.3 Å². The van der Waals surface area contributed by atoms with Gasteiger partial charge in [-0.2, -0.15) is 18.3 Å². The lowest BCUT2D eigenvalue weighted by Crippen LogP contribution is -2.40. The van der Waals surface area contributed by atoms with Crippen LogP contribution >= 0.6 is 11.3 Å². The molecule has 4 heterocycles. The minimum absolute atomic E-state index is 0.0658. The van der Waals surface area contributed by atoms with E-state index < -0.39 is 11.7 Å². The molecule has 9 heteroatoms. The molecular formula is C21H21F3N4OS. The summed E-state index contributed by atoms with van der Waals surface area (Å²) >= 11 is 1.35. The van der Waals surface area contributed by atoms with Crippen LogP contribution in [-0.2, 0) is 18.0 Å². The first kappa shape index (κ1) is 19.5. The van der Waals surface area contributed by atoms with Crippen molar-refractivity contribution in [2.75, 3.05) is 13.1 Å². The third-order valence-corrected chi connectivity index (χ3v) is 6.84. The smallest absolute Gasteiger partial charge is 0.342 e. The van der Waals surface area contributed by atoms with Crippen LogP contribution in [0.2, 0.25) is 0 Å². The van der Waals surface area contributed by atoms with Gasteiger partial charge in [0.25, 0.3) is 0 Å². The Morgan fingerprint density at radius 2 is 2.07 bits per heavy atom. The molecule has 1 aliphatic heterocycles. The van der Waals surface area contributed by atoms with Crippen molar-refractivity contribution in [2.45, 2.75) is 37.8 Å². The average Bonchev–Trinajstić information content (AvgIpc) is 3.32. The monoisotopic (exact) mass is 434 g/mol. The highest BCUT2D eigenvalue weighted by Gasteiger charge is 2.40. The van der Waals surface area contributed by atoms with Gasteiger partial charge in [-0.3, -0.25) is 9.48 Å². The third-order valence-electron chi connectivity index (χ3n) is 5.95. The van der Waals surface area contributed by atoms with Crippen LogP contribution in [0.4, 0.5) is 13.2 Å². The number of hydrogen-bond donors (Lipinski definition) is 0. The lowest BCUT2D eigenvalue weighted by Gasteiger charge is -2.32. The van der Waals surface area contributed by atoms with Crippen molar-refractivity contribution in [3.63, 3.8) is 0 Å². The lowest BCUT2D eigenvalue weighted by atomic mass is 9.91. The number of nitrogens with zero attached hydrogens (tertiary/aromatic N) is 4. The first-order chi connectivity index (χ1) is 14.3. The summed E-state index contributed by atoms with van der Waals surface area (Å²) in [5, 5.41) is 6.37. The van der Waals surface area contributed by atoms with Crippen LogP contribution in [-0.4, -0.2) is 38.7 Å². The standard InChI is InChI=1S/C21H21F3N4OS/c1-27-19-17(14(21(22,23)24)10-15(25-19)16-5-3-9-30-16)18(26-27)13-4-2-8-28(11-13)20(29)12-6-7-12/h3,5,9-10,12-13H,2,4,6-8,11H2,1H3. The highest BCUT2D eigenvalue weighted by Crippen LogP contribution is 2.42. The summed E-state index contributed by atoms with van der Waals surface area (Å²) in [5.74, 6) is 0.0136. The van der Waals surface area contributed by atoms with Crippen molar-refractivity contribution >= 4 is 28.3 Å². The number of carbonyl (C=O) groups excluding carboxylic acids is 1. The summed E-state index contributed by atoms with van der Waals surface area (Å²) < 4.78 is 43.7. The maximum Gasteiger partial charge on any atom is 0.417 e. The molecule has 1 atom stereocenters. The molecule has 5 nitrogen and oxygen atoms in total. The molecule has 0 N–H and O–H groups in total. The average molecular weight is 434 g/mol. The molecule has 0 spiro atoms. The summed E-state index contributed by atoms with van der Waals surface area (Å²) in [7, 11) is 1.63. The van der Waals surface area contributed by atoms with Crippen LogP contribution in [0.3, 0.4) is 0 Å². The van der Waals surface area contributed by atoms with Crippen molar-refractivity contribution in [3.05, 3.63) is 34.8 Å². The van der Waals surface area contributed by atoms with E-state index in [9.17, 15) is 18.0 Å². The lowest BCUT2D eigenvalue weighted by molar-refractivity contribution is -0.136. The summed E-state index contributed by atoms with van der Waals surface area (Å²) in [6, 6.07) is 4.69. The molecule has 5 rings (SSSR count). The van der Waals surface area contributed by atoms with Gasteiger partial charge in [-0.05, 0) is 43.2 Å². The number of thiophene rings is 1. The Morgan fingerprint density at radius 3 is 2.73 bits per heavy atom. The fourth-order valence-corrected chi connectivity index (χ4v) is 5.01. The van der Waals surface area contributed by atoms with Gasteiger partial charge in [0.05, 0.1) is 27.2 Å². The molecule has 1 saturated carbocycles.